The molecular formula is C16H20F3N5. The monoisotopic (exact) mass is 339 g/mol. The van der Waals surface area contributed by atoms with Gasteiger partial charge in [-0.05, 0) is 45.3 Å². The average Bonchev–Trinajstić information content (AvgIpc) is 2.51. The van der Waals surface area contributed by atoms with Crippen LogP contribution in [0.1, 0.15) is 12.0 Å². The van der Waals surface area contributed by atoms with Crippen molar-refractivity contribution in [1.82, 2.24) is 14.9 Å². The van der Waals surface area contributed by atoms with E-state index in [0.717, 1.165) is 19.0 Å². The van der Waals surface area contributed by atoms with Crippen LogP contribution in [0.25, 0.3) is 0 Å². The van der Waals surface area contributed by atoms with Crippen LogP contribution < -0.4 is 10.6 Å². The Bertz CT molecular complexity index is 658. The molecular weight excluding hydrogens is 319 g/mol. The van der Waals surface area contributed by atoms with Crippen LogP contribution in [0.2, 0.25) is 0 Å². The number of rotatable bonds is 7. The van der Waals surface area contributed by atoms with Crippen molar-refractivity contribution in [2.45, 2.75) is 12.6 Å². The van der Waals surface area contributed by atoms with Crippen molar-refractivity contribution in [2.75, 3.05) is 37.8 Å². The third-order valence-corrected chi connectivity index (χ3v) is 3.22. The number of nitrogens with one attached hydrogen (secondary N) is 2. The van der Waals surface area contributed by atoms with Gasteiger partial charge in [0.2, 0.25) is 5.95 Å². The van der Waals surface area contributed by atoms with E-state index in [1.807, 2.05) is 14.1 Å². The molecule has 0 radical (unpaired) electrons. The van der Waals surface area contributed by atoms with Crippen LogP contribution in [-0.4, -0.2) is 42.1 Å². The van der Waals surface area contributed by atoms with Crippen LogP contribution >= 0.6 is 0 Å². The van der Waals surface area contributed by atoms with Gasteiger partial charge in [-0.25, -0.2) is 4.98 Å². The first-order chi connectivity index (χ1) is 11.4. The molecule has 130 valence electrons. The molecule has 0 aliphatic heterocycles. The first kappa shape index (κ1) is 18.0. The minimum atomic E-state index is -4.44. The summed E-state index contributed by atoms with van der Waals surface area (Å²) in [6, 6.07) is 6.92. The Hall–Kier alpha value is -2.35. The second-order valence-corrected chi connectivity index (χ2v) is 5.52. The van der Waals surface area contributed by atoms with E-state index in [1.165, 1.54) is 24.4 Å². The number of benzene rings is 1. The lowest BCUT2D eigenvalue weighted by molar-refractivity contribution is -0.136. The van der Waals surface area contributed by atoms with Gasteiger partial charge < -0.3 is 15.5 Å². The summed E-state index contributed by atoms with van der Waals surface area (Å²) < 4.78 is 39.0. The average molecular weight is 339 g/mol. The summed E-state index contributed by atoms with van der Waals surface area (Å²) in [5, 5.41) is 5.77. The maximum atomic E-state index is 13.0. The fraction of sp³-hybridized carbons (Fsp3) is 0.375. The van der Waals surface area contributed by atoms with Gasteiger partial charge in [0, 0.05) is 12.7 Å². The molecule has 2 rings (SSSR count). The van der Waals surface area contributed by atoms with E-state index in [-0.39, 0.29) is 11.6 Å². The Morgan fingerprint density at radius 3 is 2.58 bits per heavy atom. The first-order valence-electron chi connectivity index (χ1n) is 7.51. The topological polar surface area (TPSA) is 53.1 Å². The standard InChI is InChI=1S/C16H20F3N5/c1-24(2)11-5-9-20-14-8-10-21-15(23-14)22-13-7-4-3-6-12(13)16(17,18)19/h3-4,6-8,10H,5,9,11H2,1-2H3,(H2,20,21,22,23). The molecule has 1 heterocycles. The van der Waals surface area contributed by atoms with Crippen LogP contribution in [0.3, 0.4) is 0 Å². The highest BCUT2D eigenvalue weighted by molar-refractivity contribution is 5.60. The zero-order chi connectivity index (χ0) is 17.6. The van der Waals surface area contributed by atoms with Crippen molar-refractivity contribution >= 4 is 17.5 Å². The van der Waals surface area contributed by atoms with Gasteiger partial charge in [-0.3, -0.25) is 0 Å². The van der Waals surface area contributed by atoms with E-state index in [4.69, 9.17) is 0 Å². The Morgan fingerprint density at radius 2 is 1.88 bits per heavy atom. The number of hydrogen-bond donors (Lipinski definition) is 2. The number of alkyl halides is 3. The largest absolute Gasteiger partial charge is 0.418 e. The highest BCUT2D eigenvalue weighted by Crippen LogP contribution is 2.35. The SMILES string of the molecule is CN(C)CCCNc1ccnc(Nc2ccccc2C(F)(F)F)n1. The van der Waals surface area contributed by atoms with E-state index in [2.05, 4.69) is 25.5 Å². The van der Waals surface area contributed by atoms with Crippen LogP contribution in [0.15, 0.2) is 36.5 Å². The van der Waals surface area contributed by atoms with Gasteiger partial charge in [-0.2, -0.15) is 18.2 Å². The van der Waals surface area contributed by atoms with Crippen molar-refractivity contribution < 1.29 is 13.2 Å². The molecule has 8 heteroatoms. The zero-order valence-corrected chi connectivity index (χ0v) is 13.6. The number of halogens is 3. The molecule has 1 aromatic carbocycles. The normalized spacial score (nSPS) is 11.6. The van der Waals surface area contributed by atoms with Crippen LogP contribution in [-0.2, 0) is 6.18 Å². The van der Waals surface area contributed by atoms with Crippen molar-refractivity contribution in [3.8, 4) is 0 Å². The number of nitrogens with zero attached hydrogens (tertiary/aromatic N) is 3. The maximum Gasteiger partial charge on any atom is 0.418 e. The highest BCUT2D eigenvalue weighted by atomic mass is 19.4. The second kappa shape index (κ2) is 7.96. The Kier molecular flexibility index (Phi) is 5.97. The molecule has 0 unspecified atom stereocenters. The third kappa shape index (κ3) is 5.38. The molecule has 0 amide bonds. The van der Waals surface area contributed by atoms with Gasteiger partial charge in [-0.15, -0.1) is 0 Å². The lowest BCUT2D eigenvalue weighted by atomic mass is 10.1. The molecule has 2 aromatic rings. The van der Waals surface area contributed by atoms with Crippen LogP contribution in [0.5, 0.6) is 0 Å². The maximum absolute atomic E-state index is 13.0. The first-order valence-corrected chi connectivity index (χ1v) is 7.51. The summed E-state index contributed by atoms with van der Waals surface area (Å²) in [5.74, 6) is 0.681. The van der Waals surface area contributed by atoms with E-state index in [0.29, 0.717) is 12.4 Å². The molecule has 2 N–H and O–H groups in total. The molecule has 5 nitrogen and oxygen atoms in total. The predicted octanol–water partition coefficient (Wildman–Crippen LogP) is 3.60. The third-order valence-electron chi connectivity index (χ3n) is 3.22. The molecule has 0 aliphatic carbocycles. The van der Waals surface area contributed by atoms with Crippen molar-refractivity contribution in [3.63, 3.8) is 0 Å². The smallest absolute Gasteiger partial charge is 0.370 e. The van der Waals surface area contributed by atoms with E-state index >= 15 is 0 Å². The molecule has 0 atom stereocenters. The summed E-state index contributed by atoms with van der Waals surface area (Å²) in [6.07, 6.45) is -2.01. The summed E-state index contributed by atoms with van der Waals surface area (Å²) >= 11 is 0. The Labute approximate surface area is 138 Å². The number of anilines is 3. The van der Waals surface area contributed by atoms with Gasteiger partial charge in [0.15, 0.2) is 0 Å². The van der Waals surface area contributed by atoms with Crippen LogP contribution in [0, 0.1) is 0 Å². The molecule has 0 spiro atoms. The Balaban J connectivity index is 2.05. The van der Waals surface area contributed by atoms with E-state index in [9.17, 15) is 13.2 Å². The summed E-state index contributed by atoms with van der Waals surface area (Å²) in [5.41, 5.74) is -0.826. The second-order valence-electron chi connectivity index (χ2n) is 5.52. The van der Waals surface area contributed by atoms with E-state index in [1.54, 1.807) is 6.07 Å². The summed E-state index contributed by atoms with van der Waals surface area (Å²) in [7, 11) is 3.98. The number of para-hydroxylation sites is 1. The van der Waals surface area contributed by atoms with Crippen LogP contribution in [0.4, 0.5) is 30.6 Å². The zero-order valence-electron chi connectivity index (χ0n) is 13.6. The van der Waals surface area contributed by atoms with Gasteiger partial charge >= 0.3 is 6.18 Å². The summed E-state index contributed by atoms with van der Waals surface area (Å²) in [6.45, 7) is 1.65. The lowest BCUT2D eigenvalue weighted by Gasteiger charge is -2.14. The molecule has 0 saturated heterocycles. The fourth-order valence-corrected chi connectivity index (χ4v) is 2.09. The molecule has 0 saturated carbocycles. The van der Waals surface area contributed by atoms with Gasteiger partial charge in [0.1, 0.15) is 5.82 Å². The molecule has 0 aliphatic rings. The molecule has 24 heavy (non-hydrogen) atoms. The van der Waals surface area contributed by atoms with E-state index < -0.39 is 11.7 Å². The van der Waals surface area contributed by atoms with Gasteiger partial charge in [0.05, 0.1) is 11.3 Å². The van der Waals surface area contributed by atoms with Crippen molar-refractivity contribution in [1.29, 1.82) is 0 Å². The minimum absolute atomic E-state index is 0.0743. The molecule has 0 fully saturated rings. The molecule has 1 aromatic heterocycles. The lowest BCUT2D eigenvalue weighted by Crippen LogP contribution is -2.16. The Morgan fingerprint density at radius 1 is 1.12 bits per heavy atom. The summed E-state index contributed by atoms with van der Waals surface area (Å²) in [4.78, 5) is 10.2. The number of aromatic nitrogens is 2. The van der Waals surface area contributed by atoms with Crippen molar-refractivity contribution in [2.24, 2.45) is 0 Å². The minimum Gasteiger partial charge on any atom is -0.370 e. The highest BCUT2D eigenvalue weighted by Gasteiger charge is 2.33. The fourth-order valence-electron chi connectivity index (χ4n) is 2.09. The number of hydrogen-bond acceptors (Lipinski definition) is 5. The van der Waals surface area contributed by atoms with Gasteiger partial charge in [-0.1, -0.05) is 12.1 Å². The van der Waals surface area contributed by atoms with Gasteiger partial charge in [0.25, 0.3) is 0 Å². The predicted molar refractivity (Wildman–Crippen MR) is 88.4 cm³/mol. The quantitative estimate of drug-likeness (QED) is 0.755. The van der Waals surface area contributed by atoms with Crippen molar-refractivity contribution in [3.05, 3.63) is 42.1 Å². The molecule has 0 bridgehead atoms.